The lowest BCUT2D eigenvalue weighted by atomic mass is 10.1. The third-order valence-corrected chi connectivity index (χ3v) is 6.25. The number of aromatic nitrogens is 4. The van der Waals surface area contributed by atoms with E-state index in [-0.39, 0.29) is 28.6 Å². The van der Waals surface area contributed by atoms with Gasteiger partial charge in [0.05, 0.1) is 29.0 Å². The van der Waals surface area contributed by atoms with E-state index in [1.807, 2.05) is 26.0 Å². The zero-order chi connectivity index (χ0) is 25.2. The second kappa shape index (κ2) is 9.98. The number of nitrogens with one attached hydrogen (secondary N) is 2. The van der Waals surface area contributed by atoms with Crippen LogP contribution < -0.4 is 21.0 Å². The Morgan fingerprint density at radius 1 is 1.03 bits per heavy atom. The van der Waals surface area contributed by atoms with Gasteiger partial charge in [0.2, 0.25) is 5.95 Å². The van der Waals surface area contributed by atoms with Crippen LogP contribution in [0.1, 0.15) is 26.3 Å². The van der Waals surface area contributed by atoms with E-state index in [4.69, 9.17) is 0 Å². The summed E-state index contributed by atoms with van der Waals surface area (Å²) >= 11 is 0. The third-order valence-electron chi connectivity index (χ3n) is 6.25. The summed E-state index contributed by atoms with van der Waals surface area (Å²) in [7, 11) is 0. The predicted molar refractivity (Wildman–Crippen MR) is 137 cm³/mol. The van der Waals surface area contributed by atoms with Gasteiger partial charge >= 0.3 is 0 Å². The lowest BCUT2D eigenvalue weighted by Gasteiger charge is -2.21. The molecule has 0 atom stereocenters. The number of rotatable bonds is 5. The van der Waals surface area contributed by atoms with Crippen molar-refractivity contribution in [3.05, 3.63) is 70.8 Å². The van der Waals surface area contributed by atoms with E-state index in [1.54, 1.807) is 23.0 Å². The Morgan fingerprint density at radius 3 is 2.67 bits per heavy atom. The molecule has 0 amide bonds. The maximum absolute atomic E-state index is 15.0. The summed E-state index contributed by atoms with van der Waals surface area (Å²) in [6, 6.07) is 7.80. The van der Waals surface area contributed by atoms with Crippen molar-refractivity contribution in [1.82, 2.24) is 24.8 Å². The summed E-state index contributed by atoms with van der Waals surface area (Å²) in [4.78, 5) is 27.4. The number of anilines is 3. The molecule has 1 saturated heterocycles. The van der Waals surface area contributed by atoms with Gasteiger partial charge in [-0.1, -0.05) is 0 Å². The van der Waals surface area contributed by atoms with Crippen LogP contribution in [0.3, 0.4) is 0 Å². The van der Waals surface area contributed by atoms with Crippen LogP contribution in [0.2, 0.25) is 0 Å². The molecule has 8 nitrogen and oxygen atoms in total. The summed E-state index contributed by atoms with van der Waals surface area (Å²) < 4.78 is 31.6. The Bertz CT molecular complexity index is 1450. The Hall–Kier alpha value is -3.92. The smallest absolute Gasteiger partial charge is 0.229 e. The Morgan fingerprint density at radius 2 is 1.89 bits per heavy atom. The minimum Gasteiger partial charge on any atom is -0.369 e. The van der Waals surface area contributed by atoms with Crippen LogP contribution in [0, 0.1) is 11.6 Å². The molecular weight excluding hydrogens is 464 g/mol. The topological polar surface area (TPSA) is 88.0 Å². The first kappa shape index (κ1) is 23.8. The molecule has 2 N–H and O–H groups in total. The SMILES string of the molecule is CC(C)n1ccc(=O)c2c(F)cc(-c3nc(Nc4ccc(N5CCCNCC5)cn4)ncc3F)cc21. The Kier molecular flexibility index (Phi) is 6.60. The van der Waals surface area contributed by atoms with Crippen LogP contribution in [-0.4, -0.2) is 45.7 Å². The molecule has 186 valence electrons. The lowest BCUT2D eigenvalue weighted by Crippen LogP contribution is -2.27. The molecular formula is C26H27F2N7O. The van der Waals surface area contributed by atoms with Gasteiger partial charge in [0.15, 0.2) is 11.2 Å². The first-order valence-corrected chi connectivity index (χ1v) is 12.0. The number of hydrogen-bond donors (Lipinski definition) is 2. The van der Waals surface area contributed by atoms with Crippen molar-refractivity contribution in [3.63, 3.8) is 0 Å². The fraction of sp³-hybridized carbons (Fsp3) is 0.308. The standard InChI is InChI=1S/C26H27F2N7O/c1-16(2)35-10-6-22(36)24-19(27)12-17(13-21(24)35)25-20(28)15-31-26(33-25)32-23-5-4-18(14-30-23)34-9-3-7-29-8-11-34/h4-6,10,12-16,29H,3,7-9,11H2,1-2H3,(H,30,31,32,33). The highest BCUT2D eigenvalue weighted by Crippen LogP contribution is 2.28. The maximum atomic E-state index is 15.0. The van der Waals surface area contributed by atoms with Crippen LogP contribution >= 0.6 is 0 Å². The molecule has 0 saturated carbocycles. The van der Waals surface area contributed by atoms with Crippen molar-refractivity contribution in [2.24, 2.45) is 0 Å². The van der Waals surface area contributed by atoms with Crippen molar-refractivity contribution >= 4 is 28.4 Å². The first-order valence-electron chi connectivity index (χ1n) is 12.0. The van der Waals surface area contributed by atoms with Gasteiger partial charge < -0.3 is 20.1 Å². The summed E-state index contributed by atoms with van der Waals surface area (Å²) in [5.74, 6) is -0.800. The number of halogens is 2. The minimum absolute atomic E-state index is 0.0325. The van der Waals surface area contributed by atoms with E-state index in [9.17, 15) is 9.18 Å². The summed E-state index contributed by atoms with van der Waals surface area (Å²) in [5, 5.41) is 6.34. The Balaban J connectivity index is 1.46. The van der Waals surface area contributed by atoms with Crippen LogP contribution in [0.4, 0.5) is 26.2 Å². The van der Waals surface area contributed by atoms with E-state index in [0.717, 1.165) is 50.6 Å². The molecule has 3 aromatic heterocycles. The average Bonchev–Trinajstić information content (AvgIpc) is 3.15. The molecule has 0 spiro atoms. The number of benzene rings is 1. The third kappa shape index (κ3) is 4.76. The lowest BCUT2D eigenvalue weighted by molar-refractivity contribution is 0.609. The zero-order valence-corrected chi connectivity index (χ0v) is 20.1. The van der Waals surface area contributed by atoms with E-state index < -0.39 is 17.1 Å². The quantitative estimate of drug-likeness (QED) is 0.431. The number of hydrogen-bond acceptors (Lipinski definition) is 7. The molecule has 0 unspecified atom stereocenters. The second-order valence-corrected chi connectivity index (χ2v) is 9.04. The van der Waals surface area contributed by atoms with E-state index in [2.05, 4.69) is 30.5 Å². The highest BCUT2D eigenvalue weighted by molar-refractivity contribution is 5.85. The van der Waals surface area contributed by atoms with Gasteiger partial charge in [-0.3, -0.25) is 4.79 Å². The molecule has 0 aliphatic carbocycles. The van der Waals surface area contributed by atoms with E-state index in [0.29, 0.717) is 11.3 Å². The molecule has 4 aromatic rings. The largest absolute Gasteiger partial charge is 0.369 e. The summed E-state index contributed by atoms with van der Waals surface area (Å²) in [6.45, 7) is 7.64. The molecule has 5 rings (SSSR count). The van der Waals surface area contributed by atoms with E-state index >= 15 is 4.39 Å². The molecule has 36 heavy (non-hydrogen) atoms. The van der Waals surface area contributed by atoms with Crippen LogP contribution in [-0.2, 0) is 0 Å². The van der Waals surface area contributed by atoms with Crippen LogP contribution in [0.25, 0.3) is 22.2 Å². The highest BCUT2D eigenvalue weighted by Gasteiger charge is 2.17. The van der Waals surface area contributed by atoms with Crippen LogP contribution in [0.5, 0.6) is 0 Å². The van der Waals surface area contributed by atoms with Gasteiger partial charge in [-0.15, -0.1) is 0 Å². The molecule has 0 radical (unpaired) electrons. The molecule has 1 aliphatic rings. The van der Waals surface area contributed by atoms with Crippen molar-refractivity contribution < 1.29 is 8.78 Å². The molecule has 0 bridgehead atoms. The van der Waals surface area contributed by atoms with Crippen LogP contribution in [0.15, 0.2) is 53.7 Å². The Labute approximate surface area is 207 Å². The zero-order valence-electron chi connectivity index (χ0n) is 20.1. The molecule has 10 heteroatoms. The molecule has 1 aliphatic heterocycles. The molecule has 1 aromatic carbocycles. The van der Waals surface area contributed by atoms with Crippen molar-refractivity contribution in [3.8, 4) is 11.3 Å². The van der Waals surface area contributed by atoms with Crippen molar-refractivity contribution in [2.75, 3.05) is 36.4 Å². The van der Waals surface area contributed by atoms with Gasteiger partial charge in [-0.05, 0) is 51.1 Å². The predicted octanol–water partition coefficient (Wildman–Crippen LogP) is 4.26. The monoisotopic (exact) mass is 491 g/mol. The van der Waals surface area contributed by atoms with Gasteiger partial charge in [-0.25, -0.2) is 23.7 Å². The van der Waals surface area contributed by atoms with E-state index in [1.165, 1.54) is 6.07 Å². The molecule has 1 fully saturated rings. The van der Waals surface area contributed by atoms with Gasteiger partial charge in [-0.2, -0.15) is 0 Å². The first-order chi connectivity index (χ1) is 17.4. The molecule has 4 heterocycles. The fourth-order valence-corrected chi connectivity index (χ4v) is 4.43. The van der Waals surface area contributed by atoms with Gasteiger partial charge in [0, 0.05) is 43.5 Å². The normalized spacial score (nSPS) is 14.3. The summed E-state index contributed by atoms with van der Waals surface area (Å²) in [5.41, 5.74) is 1.10. The van der Waals surface area contributed by atoms with Crippen molar-refractivity contribution in [1.29, 1.82) is 0 Å². The number of pyridine rings is 2. The van der Waals surface area contributed by atoms with Crippen molar-refractivity contribution in [2.45, 2.75) is 26.3 Å². The van der Waals surface area contributed by atoms with Gasteiger partial charge in [0.25, 0.3) is 0 Å². The summed E-state index contributed by atoms with van der Waals surface area (Å²) in [6.07, 6.45) is 5.49. The highest BCUT2D eigenvalue weighted by atomic mass is 19.1. The maximum Gasteiger partial charge on any atom is 0.229 e. The van der Waals surface area contributed by atoms with Gasteiger partial charge in [0.1, 0.15) is 17.3 Å². The fourth-order valence-electron chi connectivity index (χ4n) is 4.43. The second-order valence-electron chi connectivity index (χ2n) is 9.04. The number of fused-ring (bicyclic) bond motifs is 1. The average molecular weight is 492 g/mol. The number of nitrogens with zero attached hydrogens (tertiary/aromatic N) is 5. The minimum atomic E-state index is -0.726.